The van der Waals surface area contributed by atoms with Crippen molar-refractivity contribution in [2.75, 3.05) is 0 Å². The lowest BCUT2D eigenvalue weighted by Gasteiger charge is -2.51. The number of hydrogen-bond donors (Lipinski definition) is 1. The van der Waals surface area contributed by atoms with Gasteiger partial charge in [-0.2, -0.15) is 0 Å². The summed E-state index contributed by atoms with van der Waals surface area (Å²) in [5, 5.41) is 9.61. The van der Waals surface area contributed by atoms with Gasteiger partial charge in [-0.05, 0) is 55.9 Å². The minimum Gasteiger partial charge on any atom is -0.478 e. The molecule has 2 nitrogen and oxygen atoms in total. The molecule has 0 bridgehead atoms. The number of aliphatic carboxylic acids is 1. The maximum absolute atomic E-state index is 11.7. The molecule has 1 saturated carbocycles. The minimum atomic E-state index is -0.800. The quantitative estimate of drug-likeness (QED) is 0.528. The van der Waals surface area contributed by atoms with Crippen LogP contribution in [0, 0.1) is 29.1 Å². The first kappa shape index (κ1) is 18.9. The standard InChI is InChI=1S/C24H32O2/c1-6-24(14-18(5)23(25)26)20(19-10-8-7-9-11-19)13-16(3)21-15(2)12-17(4)22(21)24/h7-11,13-15,17,20-22H,6,12H2,1-5H3,(H,25,26). The summed E-state index contributed by atoms with van der Waals surface area (Å²) in [6.45, 7) is 11.0. The highest BCUT2D eigenvalue weighted by Gasteiger charge is 2.55. The van der Waals surface area contributed by atoms with Gasteiger partial charge in [-0.15, -0.1) is 0 Å². The van der Waals surface area contributed by atoms with Crippen molar-refractivity contribution in [3.05, 3.63) is 59.2 Å². The number of carbonyl (C=O) groups is 1. The molecular weight excluding hydrogens is 320 g/mol. The van der Waals surface area contributed by atoms with Gasteiger partial charge in [0.15, 0.2) is 0 Å². The van der Waals surface area contributed by atoms with Gasteiger partial charge in [-0.3, -0.25) is 0 Å². The molecule has 2 aliphatic rings. The maximum atomic E-state index is 11.7. The van der Waals surface area contributed by atoms with Crippen LogP contribution in [0.1, 0.15) is 58.9 Å². The molecule has 2 heteroatoms. The number of carboxylic acids is 1. The molecule has 1 aromatic carbocycles. The Morgan fingerprint density at radius 2 is 1.88 bits per heavy atom. The Hall–Kier alpha value is -1.83. The minimum absolute atomic E-state index is 0.141. The second kappa shape index (κ2) is 7.06. The van der Waals surface area contributed by atoms with Crippen LogP contribution in [0.25, 0.3) is 0 Å². The molecule has 0 heterocycles. The van der Waals surface area contributed by atoms with E-state index in [-0.39, 0.29) is 11.3 Å². The van der Waals surface area contributed by atoms with Crippen molar-refractivity contribution in [1.82, 2.24) is 0 Å². The van der Waals surface area contributed by atoms with Crippen LogP contribution >= 0.6 is 0 Å². The summed E-state index contributed by atoms with van der Waals surface area (Å²) in [7, 11) is 0. The van der Waals surface area contributed by atoms with Crippen LogP contribution in [0.15, 0.2) is 53.6 Å². The molecule has 1 N–H and O–H groups in total. The van der Waals surface area contributed by atoms with E-state index in [0.29, 0.717) is 29.2 Å². The third-order valence-electron chi connectivity index (χ3n) is 7.11. The van der Waals surface area contributed by atoms with Crippen molar-refractivity contribution in [2.24, 2.45) is 29.1 Å². The molecule has 0 amide bonds. The third-order valence-corrected chi connectivity index (χ3v) is 7.11. The number of hydrogen-bond acceptors (Lipinski definition) is 1. The molecule has 1 aromatic rings. The van der Waals surface area contributed by atoms with Gasteiger partial charge in [0.05, 0.1) is 0 Å². The Bertz CT molecular complexity index is 730. The highest BCUT2D eigenvalue weighted by Crippen LogP contribution is 2.63. The van der Waals surface area contributed by atoms with Crippen LogP contribution < -0.4 is 0 Å². The van der Waals surface area contributed by atoms with E-state index in [0.717, 1.165) is 6.42 Å². The first-order chi connectivity index (χ1) is 12.3. The topological polar surface area (TPSA) is 37.3 Å². The lowest BCUT2D eigenvalue weighted by molar-refractivity contribution is -0.132. The lowest BCUT2D eigenvalue weighted by Crippen LogP contribution is -2.43. The van der Waals surface area contributed by atoms with Gasteiger partial charge in [0.25, 0.3) is 0 Å². The molecule has 0 spiro atoms. The molecule has 6 atom stereocenters. The number of allylic oxidation sites excluding steroid dienone is 3. The van der Waals surface area contributed by atoms with Gasteiger partial charge in [0, 0.05) is 16.9 Å². The summed E-state index contributed by atoms with van der Waals surface area (Å²) in [6.07, 6.45) is 6.74. The summed E-state index contributed by atoms with van der Waals surface area (Å²) < 4.78 is 0. The molecule has 0 radical (unpaired) electrons. The molecule has 0 saturated heterocycles. The van der Waals surface area contributed by atoms with Crippen LogP contribution in [0.4, 0.5) is 0 Å². The average Bonchev–Trinajstić information content (AvgIpc) is 2.93. The van der Waals surface area contributed by atoms with E-state index in [9.17, 15) is 9.90 Å². The van der Waals surface area contributed by atoms with E-state index >= 15 is 0 Å². The molecule has 0 aliphatic heterocycles. The van der Waals surface area contributed by atoms with Crippen LogP contribution in [0.2, 0.25) is 0 Å². The maximum Gasteiger partial charge on any atom is 0.330 e. The highest BCUT2D eigenvalue weighted by molar-refractivity contribution is 5.86. The summed E-state index contributed by atoms with van der Waals surface area (Å²) in [5.74, 6) is 1.74. The van der Waals surface area contributed by atoms with Crippen molar-refractivity contribution in [3.8, 4) is 0 Å². The second-order valence-corrected chi connectivity index (χ2v) is 8.64. The van der Waals surface area contributed by atoms with E-state index < -0.39 is 5.97 Å². The monoisotopic (exact) mass is 352 g/mol. The summed E-state index contributed by atoms with van der Waals surface area (Å²) in [5.41, 5.74) is 3.13. The smallest absolute Gasteiger partial charge is 0.330 e. The molecule has 1 fully saturated rings. The Morgan fingerprint density at radius 1 is 1.23 bits per heavy atom. The van der Waals surface area contributed by atoms with E-state index in [1.54, 1.807) is 6.92 Å². The predicted molar refractivity (Wildman–Crippen MR) is 107 cm³/mol. The van der Waals surface area contributed by atoms with E-state index in [1.165, 1.54) is 17.6 Å². The fourth-order valence-corrected chi connectivity index (χ4v) is 6.20. The molecule has 3 rings (SSSR count). The summed E-state index contributed by atoms with van der Waals surface area (Å²) >= 11 is 0. The van der Waals surface area contributed by atoms with Crippen molar-refractivity contribution < 1.29 is 9.90 Å². The van der Waals surface area contributed by atoms with Gasteiger partial charge in [0.2, 0.25) is 0 Å². The summed E-state index contributed by atoms with van der Waals surface area (Å²) in [6, 6.07) is 10.6. The van der Waals surface area contributed by atoms with Crippen molar-refractivity contribution in [2.45, 2.75) is 53.4 Å². The summed E-state index contributed by atoms with van der Waals surface area (Å²) in [4.78, 5) is 11.7. The first-order valence-corrected chi connectivity index (χ1v) is 9.97. The average molecular weight is 353 g/mol. The number of benzene rings is 1. The molecule has 6 unspecified atom stereocenters. The van der Waals surface area contributed by atoms with Gasteiger partial charge >= 0.3 is 5.97 Å². The number of carboxylic acid groups (broad SMARTS) is 1. The fraction of sp³-hybridized carbons (Fsp3) is 0.542. The molecule has 0 aromatic heterocycles. The van der Waals surface area contributed by atoms with Gasteiger partial charge < -0.3 is 5.11 Å². The number of rotatable bonds is 4. The Morgan fingerprint density at radius 3 is 2.46 bits per heavy atom. The molecule has 26 heavy (non-hydrogen) atoms. The molecule has 2 aliphatic carbocycles. The highest BCUT2D eigenvalue weighted by atomic mass is 16.4. The number of fused-ring (bicyclic) bond motifs is 1. The zero-order chi connectivity index (χ0) is 19.1. The zero-order valence-corrected chi connectivity index (χ0v) is 16.7. The Labute approximate surface area is 158 Å². The van der Waals surface area contributed by atoms with Crippen LogP contribution in [0.5, 0.6) is 0 Å². The Kier molecular flexibility index (Phi) is 5.14. The van der Waals surface area contributed by atoms with Gasteiger partial charge in [-0.1, -0.05) is 68.8 Å². The normalized spacial score (nSPS) is 37.2. The lowest BCUT2D eigenvalue weighted by atomic mass is 9.53. The van der Waals surface area contributed by atoms with E-state index in [4.69, 9.17) is 0 Å². The zero-order valence-electron chi connectivity index (χ0n) is 16.7. The largest absolute Gasteiger partial charge is 0.478 e. The predicted octanol–water partition coefficient (Wildman–Crippen LogP) is 6.07. The van der Waals surface area contributed by atoms with Crippen LogP contribution in [-0.2, 0) is 4.79 Å². The molecular formula is C24H32O2. The third kappa shape index (κ3) is 2.94. The van der Waals surface area contributed by atoms with Crippen molar-refractivity contribution >= 4 is 5.97 Å². The van der Waals surface area contributed by atoms with Crippen molar-refractivity contribution in [1.29, 1.82) is 0 Å². The molecule has 140 valence electrons. The fourth-order valence-electron chi connectivity index (χ4n) is 6.20. The second-order valence-electron chi connectivity index (χ2n) is 8.64. The van der Waals surface area contributed by atoms with E-state index in [1.807, 2.05) is 0 Å². The van der Waals surface area contributed by atoms with Crippen molar-refractivity contribution in [3.63, 3.8) is 0 Å². The first-order valence-electron chi connectivity index (χ1n) is 9.97. The van der Waals surface area contributed by atoms with Gasteiger partial charge in [0.1, 0.15) is 0 Å². The van der Waals surface area contributed by atoms with E-state index in [2.05, 4.69) is 70.2 Å². The SMILES string of the molecule is CCC1(C=C(C)C(=O)O)C(c2ccccc2)C=C(C)C2C(C)CC(C)C21. The Balaban J connectivity index is 2.25. The van der Waals surface area contributed by atoms with Crippen LogP contribution in [0.3, 0.4) is 0 Å². The van der Waals surface area contributed by atoms with Crippen LogP contribution in [-0.4, -0.2) is 11.1 Å². The van der Waals surface area contributed by atoms with Gasteiger partial charge in [-0.25, -0.2) is 4.79 Å².